The molecule has 0 unspecified atom stereocenters. The van der Waals surface area contributed by atoms with E-state index in [1.165, 1.54) is 4.24 Å². The van der Waals surface area contributed by atoms with Crippen LogP contribution in [0.25, 0.3) is 0 Å². The van der Waals surface area contributed by atoms with E-state index in [0.29, 0.717) is 0 Å². The Kier molecular flexibility index (Phi) is 31.6. The van der Waals surface area contributed by atoms with Crippen LogP contribution in [0, 0.1) is 0 Å². The Morgan fingerprint density at radius 2 is 0.652 bits per heavy atom. The van der Waals surface area contributed by atoms with Crippen molar-refractivity contribution in [2.24, 2.45) is 0 Å². The molecule has 0 atom stereocenters. The molecule has 0 aliphatic carbocycles. The van der Waals surface area contributed by atoms with Crippen molar-refractivity contribution in [3.05, 3.63) is 30.3 Å². The molecule has 0 radical (unpaired) electrons. The molecule has 12 N–H and O–H groups in total. The van der Waals surface area contributed by atoms with E-state index >= 15 is 0 Å². The zero-order valence-electron chi connectivity index (χ0n) is 12.1. The summed E-state index contributed by atoms with van der Waals surface area (Å²) in [5.41, 5.74) is 0. The summed E-state index contributed by atoms with van der Waals surface area (Å²) < 4.78 is 1.32. The second-order valence-electron chi connectivity index (χ2n) is 3.04. The molecule has 0 aromatic heterocycles. The summed E-state index contributed by atoms with van der Waals surface area (Å²) in [4.78, 5) is 0. The average molecular weight is 331 g/mol. The fraction of sp³-hybridized carbons (Fsp3) is 0. The number of hydrogen-bond acceptors (Lipinski definition) is 12. The Bertz CT molecular complexity index is 270. The third-order valence-electron chi connectivity index (χ3n) is 0.940. The third kappa shape index (κ3) is 144. The molecule has 1 aromatic rings. The fourth-order valence-corrected chi connectivity index (χ4v) is 0.534. The second-order valence-corrected chi connectivity index (χ2v) is 3.04. The van der Waals surface area contributed by atoms with Gasteiger partial charge in [0, 0.05) is 0 Å². The molecule has 1 rings (SSSR count). The number of rotatable bonds is 0. The summed E-state index contributed by atoms with van der Waals surface area (Å²) >= 11 is 2.08. The summed E-state index contributed by atoms with van der Waals surface area (Å²) in [5.74, 6) is 0. The minimum absolute atomic E-state index is 1.32. The van der Waals surface area contributed by atoms with Crippen molar-refractivity contribution in [3.8, 4) is 0 Å². The quantitative estimate of drug-likeness (QED) is 0.198. The molecular formula is C6H17B4LiO12. The topological polar surface area (TPSA) is 243 Å². The Morgan fingerprint density at radius 3 is 0.739 bits per heavy atom. The average Bonchev–Trinajstić information content (AvgIpc) is 2.26. The zero-order valence-corrected chi connectivity index (χ0v) is 12.1. The molecule has 0 spiro atoms. The van der Waals surface area contributed by atoms with Crippen LogP contribution in [0.2, 0.25) is 0 Å². The predicted molar refractivity (Wildman–Crippen MR) is 81.5 cm³/mol. The standard InChI is InChI=1S/C6H5.4BH3O3.Li/c1-2-4-6-5-3-1;4*2-1(3)4;/h1-5H;4*2-4H;. The van der Waals surface area contributed by atoms with Gasteiger partial charge in [0.05, 0.1) is 0 Å². The van der Waals surface area contributed by atoms with Gasteiger partial charge in [0.25, 0.3) is 0 Å². The summed E-state index contributed by atoms with van der Waals surface area (Å²) in [6.45, 7) is 0. The maximum absolute atomic E-state index is 7.17. The van der Waals surface area contributed by atoms with Gasteiger partial charge in [-0.25, -0.2) is 0 Å². The van der Waals surface area contributed by atoms with Crippen molar-refractivity contribution in [2.45, 2.75) is 0 Å². The van der Waals surface area contributed by atoms with Gasteiger partial charge in [-0.2, -0.15) is 0 Å². The molecule has 0 aliphatic heterocycles. The first-order valence-electron chi connectivity index (χ1n) is 5.51. The van der Waals surface area contributed by atoms with Crippen LogP contribution < -0.4 is 4.24 Å². The number of hydrogen-bond donors (Lipinski definition) is 12. The normalized spacial score (nSPS) is 7.39. The summed E-state index contributed by atoms with van der Waals surface area (Å²) in [7, 11) is -8.67. The van der Waals surface area contributed by atoms with Crippen molar-refractivity contribution in [1.29, 1.82) is 0 Å². The third-order valence-corrected chi connectivity index (χ3v) is 0.940. The van der Waals surface area contributed by atoms with Crippen molar-refractivity contribution in [2.75, 3.05) is 0 Å². The van der Waals surface area contributed by atoms with E-state index in [9.17, 15) is 0 Å². The molecular weight excluding hydrogens is 314 g/mol. The van der Waals surface area contributed by atoms with Crippen LogP contribution in [0.15, 0.2) is 30.3 Å². The van der Waals surface area contributed by atoms with E-state index in [0.717, 1.165) is 0 Å². The van der Waals surface area contributed by atoms with Crippen LogP contribution in [0.4, 0.5) is 0 Å². The molecule has 0 saturated carbocycles. The van der Waals surface area contributed by atoms with Gasteiger partial charge in [-0.15, -0.1) is 0 Å². The Morgan fingerprint density at radius 1 is 0.478 bits per heavy atom. The Labute approximate surface area is 142 Å². The van der Waals surface area contributed by atoms with Gasteiger partial charge < -0.3 is 60.3 Å². The first-order valence-corrected chi connectivity index (χ1v) is 5.51. The Hall–Kier alpha value is -0.403. The second kappa shape index (κ2) is 23.9. The van der Waals surface area contributed by atoms with Crippen LogP contribution in [0.1, 0.15) is 0 Å². The zero-order chi connectivity index (χ0) is 19.4. The molecule has 0 fully saturated rings. The van der Waals surface area contributed by atoms with Gasteiger partial charge in [0.15, 0.2) is 0 Å². The summed E-state index contributed by atoms with van der Waals surface area (Å²) in [6.07, 6.45) is 0. The molecule has 12 nitrogen and oxygen atoms in total. The first kappa shape index (κ1) is 30.5. The van der Waals surface area contributed by atoms with E-state index in [-0.39, 0.29) is 0 Å². The molecule has 0 heterocycles. The maximum atomic E-state index is 7.17. The van der Waals surface area contributed by atoms with Crippen LogP contribution in [-0.4, -0.2) is 107 Å². The van der Waals surface area contributed by atoms with E-state index in [2.05, 4.69) is 29.8 Å². The van der Waals surface area contributed by atoms with Crippen molar-refractivity contribution in [3.63, 3.8) is 0 Å². The van der Waals surface area contributed by atoms with E-state index in [1.807, 2.05) is 18.2 Å². The van der Waals surface area contributed by atoms with Gasteiger partial charge in [-0.05, 0) is 0 Å². The molecule has 0 saturated heterocycles. The van der Waals surface area contributed by atoms with Crippen LogP contribution in [0.3, 0.4) is 0 Å². The Balaban J connectivity index is -0.000000102. The number of benzene rings is 1. The van der Waals surface area contributed by atoms with E-state index in [4.69, 9.17) is 60.3 Å². The van der Waals surface area contributed by atoms with Gasteiger partial charge in [-0.1, -0.05) is 0 Å². The molecule has 23 heavy (non-hydrogen) atoms. The molecule has 1 aromatic carbocycles. The monoisotopic (exact) mass is 332 g/mol. The minimum atomic E-state index is -2.17. The van der Waals surface area contributed by atoms with E-state index < -0.39 is 29.3 Å². The van der Waals surface area contributed by atoms with Crippen LogP contribution in [0.5, 0.6) is 0 Å². The molecule has 17 heteroatoms. The molecule has 0 bridgehead atoms. The van der Waals surface area contributed by atoms with Crippen LogP contribution >= 0.6 is 0 Å². The van der Waals surface area contributed by atoms with Crippen molar-refractivity contribution in [1.82, 2.24) is 0 Å². The summed E-state index contributed by atoms with van der Waals surface area (Å²) in [6, 6.07) is 10.3. The molecule has 126 valence electrons. The van der Waals surface area contributed by atoms with Gasteiger partial charge in [0.1, 0.15) is 0 Å². The molecule has 0 aliphatic rings. The molecule has 0 amide bonds. The van der Waals surface area contributed by atoms with Gasteiger partial charge >= 0.3 is 81.6 Å². The predicted octanol–water partition coefficient (Wildman–Crippen LogP) is -7.73. The fourth-order valence-electron chi connectivity index (χ4n) is 0.534. The van der Waals surface area contributed by atoms with Crippen molar-refractivity contribution >= 4 is 51.2 Å². The van der Waals surface area contributed by atoms with Crippen molar-refractivity contribution < 1.29 is 60.3 Å². The van der Waals surface area contributed by atoms with Crippen LogP contribution in [-0.2, 0) is 0 Å². The summed E-state index contributed by atoms with van der Waals surface area (Å²) in [5, 5.41) is 86.0. The van der Waals surface area contributed by atoms with E-state index in [1.54, 1.807) is 0 Å². The van der Waals surface area contributed by atoms with Gasteiger partial charge in [-0.3, -0.25) is 0 Å². The van der Waals surface area contributed by atoms with Gasteiger partial charge in [0.2, 0.25) is 0 Å². The first-order chi connectivity index (χ1) is 10.3. The SMILES string of the molecule is OB(O)O.OB(O)O.OB(O)O.OB(O)O.[Li][c]1ccccc1.